The van der Waals surface area contributed by atoms with Gasteiger partial charge in [-0.25, -0.2) is 4.79 Å². The first-order valence-electron chi connectivity index (χ1n) is 6.48. The highest BCUT2D eigenvalue weighted by atomic mass is 35.5. The summed E-state index contributed by atoms with van der Waals surface area (Å²) in [4.78, 5) is 11.5. The summed E-state index contributed by atoms with van der Waals surface area (Å²) in [5.74, 6) is 0.901. The van der Waals surface area contributed by atoms with Gasteiger partial charge in [-0.3, -0.25) is 4.40 Å². The number of esters is 1. The van der Waals surface area contributed by atoms with Gasteiger partial charge in [-0.1, -0.05) is 11.6 Å². The van der Waals surface area contributed by atoms with Gasteiger partial charge in [0.15, 0.2) is 11.5 Å². The standard InChI is InChI=1S/C15H12ClN3O3/c1-21-15(20)10-6-7-19-13(8-10)17-18-14(19)9-22-12-4-2-11(16)3-5-12/h2-8H,9H2,1H3. The van der Waals surface area contributed by atoms with Gasteiger partial charge >= 0.3 is 5.97 Å². The fourth-order valence-electron chi connectivity index (χ4n) is 1.96. The molecule has 7 heteroatoms. The Kier molecular flexibility index (Phi) is 3.93. The van der Waals surface area contributed by atoms with E-state index in [1.807, 2.05) is 0 Å². The molecular weight excluding hydrogens is 306 g/mol. The average Bonchev–Trinajstić information content (AvgIpc) is 2.96. The van der Waals surface area contributed by atoms with Crippen molar-refractivity contribution in [1.82, 2.24) is 14.6 Å². The number of methoxy groups -OCH3 is 1. The van der Waals surface area contributed by atoms with Gasteiger partial charge in [0.25, 0.3) is 0 Å². The maximum atomic E-state index is 11.5. The van der Waals surface area contributed by atoms with Crippen molar-refractivity contribution in [2.45, 2.75) is 6.61 Å². The predicted octanol–water partition coefficient (Wildman–Crippen LogP) is 2.75. The molecule has 2 aromatic heterocycles. The summed E-state index contributed by atoms with van der Waals surface area (Å²) >= 11 is 5.82. The summed E-state index contributed by atoms with van der Waals surface area (Å²) in [5.41, 5.74) is 0.977. The molecule has 22 heavy (non-hydrogen) atoms. The SMILES string of the molecule is COC(=O)c1ccn2c(COc3ccc(Cl)cc3)nnc2c1. The van der Waals surface area contributed by atoms with Crippen molar-refractivity contribution in [3.8, 4) is 5.75 Å². The molecule has 0 bridgehead atoms. The van der Waals surface area contributed by atoms with Crippen LogP contribution in [-0.2, 0) is 11.3 Å². The summed E-state index contributed by atoms with van der Waals surface area (Å²) in [6.07, 6.45) is 1.71. The molecule has 2 heterocycles. The number of hydrogen-bond donors (Lipinski definition) is 0. The molecule has 0 N–H and O–H groups in total. The normalized spacial score (nSPS) is 10.6. The summed E-state index contributed by atoms with van der Waals surface area (Å²) in [6, 6.07) is 10.3. The highest BCUT2D eigenvalue weighted by Gasteiger charge is 2.10. The smallest absolute Gasteiger partial charge is 0.338 e. The maximum Gasteiger partial charge on any atom is 0.338 e. The number of carbonyl (C=O) groups excluding carboxylic acids is 1. The molecule has 0 aliphatic heterocycles. The van der Waals surface area contributed by atoms with Gasteiger partial charge in [0.1, 0.15) is 12.4 Å². The van der Waals surface area contributed by atoms with Crippen LogP contribution in [0.4, 0.5) is 0 Å². The third kappa shape index (κ3) is 2.87. The van der Waals surface area contributed by atoms with Gasteiger partial charge in [0.05, 0.1) is 12.7 Å². The topological polar surface area (TPSA) is 65.7 Å². The first-order chi connectivity index (χ1) is 10.7. The number of benzene rings is 1. The van der Waals surface area contributed by atoms with Crippen LogP contribution in [0.2, 0.25) is 5.02 Å². The maximum absolute atomic E-state index is 11.5. The number of ether oxygens (including phenoxy) is 2. The van der Waals surface area contributed by atoms with Gasteiger partial charge in [0.2, 0.25) is 0 Å². The van der Waals surface area contributed by atoms with E-state index in [4.69, 9.17) is 16.3 Å². The van der Waals surface area contributed by atoms with Gasteiger partial charge < -0.3 is 9.47 Å². The minimum absolute atomic E-state index is 0.250. The second-order valence-corrected chi connectivity index (χ2v) is 4.93. The van der Waals surface area contributed by atoms with Crippen LogP contribution in [0, 0.1) is 0 Å². The van der Waals surface area contributed by atoms with E-state index in [0.29, 0.717) is 27.8 Å². The first kappa shape index (κ1) is 14.3. The van der Waals surface area contributed by atoms with Crippen molar-refractivity contribution in [3.05, 3.63) is 59.0 Å². The zero-order valence-electron chi connectivity index (χ0n) is 11.7. The second kappa shape index (κ2) is 6.03. The van der Waals surface area contributed by atoms with Crippen molar-refractivity contribution in [3.63, 3.8) is 0 Å². The van der Waals surface area contributed by atoms with Crippen molar-refractivity contribution in [1.29, 1.82) is 0 Å². The first-order valence-corrected chi connectivity index (χ1v) is 6.85. The van der Waals surface area contributed by atoms with Crippen LogP contribution in [0.15, 0.2) is 42.6 Å². The number of hydrogen-bond acceptors (Lipinski definition) is 5. The van der Waals surface area contributed by atoms with E-state index in [1.165, 1.54) is 7.11 Å². The lowest BCUT2D eigenvalue weighted by Gasteiger charge is -2.05. The molecule has 0 saturated carbocycles. The van der Waals surface area contributed by atoms with Crippen LogP contribution < -0.4 is 4.74 Å². The Morgan fingerprint density at radius 2 is 2.00 bits per heavy atom. The molecule has 1 aromatic carbocycles. The van der Waals surface area contributed by atoms with E-state index in [1.54, 1.807) is 47.0 Å². The van der Waals surface area contributed by atoms with Crippen molar-refractivity contribution in [2.24, 2.45) is 0 Å². The number of fused-ring (bicyclic) bond motifs is 1. The summed E-state index contributed by atoms with van der Waals surface area (Å²) < 4.78 is 12.1. The Labute approximate surface area is 131 Å². The highest BCUT2D eigenvalue weighted by Crippen LogP contribution is 2.17. The second-order valence-electron chi connectivity index (χ2n) is 4.49. The predicted molar refractivity (Wildman–Crippen MR) is 80.1 cm³/mol. The average molecular weight is 318 g/mol. The molecule has 0 aliphatic carbocycles. The largest absolute Gasteiger partial charge is 0.486 e. The molecule has 112 valence electrons. The van der Waals surface area contributed by atoms with Crippen molar-refractivity contribution >= 4 is 23.2 Å². The molecular formula is C15H12ClN3O3. The number of aromatic nitrogens is 3. The number of nitrogens with zero attached hydrogens (tertiary/aromatic N) is 3. The van der Waals surface area contributed by atoms with Crippen LogP contribution >= 0.6 is 11.6 Å². The molecule has 0 unspecified atom stereocenters. The van der Waals surface area contributed by atoms with Crippen molar-refractivity contribution in [2.75, 3.05) is 7.11 Å². The molecule has 0 spiro atoms. The quantitative estimate of drug-likeness (QED) is 0.692. The lowest BCUT2D eigenvalue weighted by atomic mass is 10.2. The van der Waals surface area contributed by atoms with Crippen LogP contribution in [0.3, 0.4) is 0 Å². The zero-order valence-corrected chi connectivity index (χ0v) is 12.4. The van der Waals surface area contributed by atoms with E-state index in [9.17, 15) is 4.79 Å². The lowest BCUT2D eigenvalue weighted by Crippen LogP contribution is -2.04. The Morgan fingerprint density at radius 3 is 2.73 bits per heavy atom. The Balaban J connectivity index is 1.79. The molecule has 0 aliphatic rings. The molecule has 0 fully saturated rings. The van der Waals surface area contributed by atoms with Crippen LogP contribution in [0.25, 0.3) is 5.65 Å². The van der Waals surface area contributed by atoms with E-state index in [0.717, 1.165) is 0 Å². The molecule has 0 saturated heterocycles. The number of carbonyl (C=O) groups is 1. The van der Waals surface area contributed by atoms with Crippen molar-refractivity contribution < 1.29 is 14.3 Å². The molecule has 6 nitrogen and oxygen atoms in total. The molecule has 0 atom stereocenters. The number of halogens is 1. The summed E-state index contributed by atoms with van der Waals surface area (Å²) in [5, 5.41) is 8.74. The Bertz CT molecular complexity index is 815. The van der Waals surface area contributed by atoms with Crippen LogP contribution in [0.5, 0.6) is 5.75 Å². The fourth-order valence-corrected chi connectivity index (χ4v) is 2.09. The highest BCUT2D eigenvalue weighted by molar-refractivity contribution is 6.30. The third-order valence-electron chi connectivity index (χ3n) is 3.08. The van der Waals surface area contributed by atoms with Gasteiger partial charge in [-0.2, -0.15) is 0 Å². The van der Waals surface area contributed by atoms with Gasteiger partial charge in [-0.15, -0.1) is 10.2 Å². The van der Waals surface area contributed by atoms with E-state index < -0.39 is 5.97 Å². The monoisotopic (exact) mass is 317 g/mol. The minimum atomic E-state index is -0.413. The summed E-state index contributed by atoms with van der Waals surface area (Å²) in [6.45, 7) is 0.250. The number of rotatable bonds is 4. The fraction of sp³-hybridized carbons (Fsp3) is 0.133. The number of pyridine rings is 1. The van der Waals surface area contributed by atoms with Gasteiger partial charge in [-0.05, 0) is 36.4 Å². The lowest BCUT2D eigenvalue weighted by molar-refractivity contribution is 0.0600. The van der Waals surface area contributed by atoms with Crippen LogP contribution in [0.1, 0.15) is 16.2 Å². The molecule has 3 rings (SSSR count). The molecule has 0 radical (unpaired) electrons. The van der Waals surface area contributed by atoms with Crippen LogP contribution in [-0.4, -0.2) is 27.7 Å². The van der Waals surface area contributed by atoms with E-state index in [2.05, 4.69) is 14.9 Å². The summed E-state index contributed by atoms with van der Waals surface area (Å²) in [7, 11) is 1.34. The Morgan fingerprint density at radius 1 is 1.23 bits per heavy atom. The third-order valence-corrected chi connectivity index (χ3v) is 3.34. The van der Waals surface area contributed by atoms with E-state index >= 15 is 0 Å². The Hall–Kier alpha value is -2.60. The minimum Gasteiger partial charge on any atom is -0.486 e. The zero-order chi connectivity index (χ0) is 15.5. The molecule has 3 aromatic rings. The van der Waals surface area contributed by atoms with Gasteiger partial charge in [0, 0.05) is 11.2 Å². The van der Waals surface area contributed by atoms with E-state index in [-0.39, 0.29) is 6.61 Å². The molecule has 0 amide bonds.